The Labute approximate surface area is 155 Å². The van der Waals surface area contributed by atoms with Gasteiger partial charge in [-0.15, -0.1) is 0 Å². The highest BCUT2D eigenvalue weighted by molar-refractivity contribution is 7.99. The normalized spacial score (nSPS) is 11.7. The van der Waals surface area contributed by atoms with Gasteiger partial charge in [-0.05, 0) is 45.4 Å². The quantitative estimate of drug-likeness (QED) is 0.543. The summed E-state index contributed by atoms with van der Waals surface area (Å²) in [5.41, 5.74) is 1.82. The molecule has 7 nitrogen and oxygen atoms in total. The van der Waals surface area contributed by atoms with Gasteiger partial charge in [0.25, 0.3) is 5.56 Å². The lowest BCUT2D eigenvalue weighted by molar-refractivity contribution is -0.119. The number of rotatable bonds is 4. The molecule has 136 valence electrons. The predicted octanol–water partition coefficient (Wildman–Crippen LogP) is 2.42. The van der Waals surface area contributed by atoms with Crippen molar-refractivity contribution >= 4 is 28.7 Å². The Morgan fingerprint density at radius 1 is 1.35 bits per heavy atom. The van der Waals surface area contributed by atoms with E-state index in [0.29, 0.717) is 16.2 Å². The van der Waals surface area contributed by atoms with Crippen LogP contribution < -0.4 is 10.9 Å². The average Bonchev–Trinajstić information content (AvgIpc) is 2.96. The van der Waals surface area contributed by atoms with Crippen molar-refractivity contribution in [3.63, 3.8) is 0 Å². The molecule has 3 rings (SSSR count). The highest BCUT2D eigenvalue weighted by atomic mass is 32.2. The van der Waals surface area contributed by atoms with E-state index < -0.39 is 0 Å². The van der Waals surface area contributed by atoms with Crippen LogP contribution in [0.4, 0.5) is 0 Å². The molecule has 0 saturated carbocycles. The number of amides is 1. The topological polar surface area (TPSA) is 92.7 Å². The third kappa shape index (κ3) is 4.13. The van der Waals surface area contributed by atoms with Gasteiger partial charge in [0.05, 0.1) is 17.6 Å². The second-order valence-electron chi connectivity index (χ2n) is 7.09. The summed E-state index contributed by atoms with van der Waals surface area (Å²) in [6.45, 7) is 7.75. The number of hydrogen-bond acceptors (Lipinski definition) is 5. The summed E-state index contributed by atoms with van der Waals surface area (Å²) in [4.78, 5) is 31.5. The number of fused-ring (bicyclic) bond motifs is 1. The van der Waals surface area contributed by atoms with Gasteiger partial charge in [-0.3, -0.25) is 9.59 Å². The molecule has 1 aromatic carbocycles. The third-order valence-corrected chi connectivity index (χ3v) is 4.39. The maximum atomic E-state index is 12.3. The number of nitrogens with zero attached hydrogens (tertiary/aromatic N) is 3. The minimum Gasteiger partial charge on any atom is -0.351 e. The lowest BCUT2D eigenvalue weighted by atomic mass is 10.1. The first kappa shape index (κ1) is 18.2. The van der Waals surface area contributed by atoms with Crippen LogP contribution in [0.1, 0.15) is 26.3 Å². The summed E-state index contributed by atoms with van der Waals surface area (Å²) < 4.78 is 1.64. The molecule has 0 atom stereocenters. The molecular formula is C18H21N5O2S. The summed E-state index contributed by atoms with van der Waals surface area (Å²) in [6, 6.07) is 7.80. The Hall–Kier alpha value is -2.61. The van der Waals surface area contributed by atoms with Crippen LogP contribution >= 0.6 is 11.8 Å². The lowest BCUT2D eigenvalue weighted by Gasteiger charge is -2.20. The maximum Gasteiger partial charge on any atom is 0.262 e. The Morgan fingerprint density at radius 2 is 2.12 bits per heavy atom. The van der Waals surface area contributed by atoms with E-state index in [1.54, 1.807) is 4.68 Å². The molecule has 0 spiro atoms. The van der Waals surface area contributed by atoms with E-state index in [1.807, 2.05) is 52.0 Å². The van der Waals surface area contributed by atoms with Gasteiger partial charge >= 0.3 is 0 Å². The second-order valence-corrected chi connectivity index (χ2v) is 8.05. The molecule has 0 radical (unpaired) electrons. The molecular weight excluding hydrogens is 350 g/mol. The predicted molar refractivity (Wildman–Crippen MR) is 103 cm³/mol. The number of aromatic nitrogens is 4. The molecule has 2 aromatic heterocycles. The van der Waals surface area contributed by atoms with E-state index in [-0.39, 0.29) is 22.8 Å². The first-order chi connectivity index (χ1) is 12.2. The van der Waals surface area contributed by atoms with E-state index >= 15 is 0 Å². The van der Waals surface area contributed by atoms with Crippen molar-refractivity contribution in [2.75, 3.05) is 5.75 Å². The molecule has 0 aliphatic rings. The summed E-state index contributed by atoms with van der Waals surface area (Å²) in [5, 5.41) is 7.98. The van der Waals surface area contributed by atoms with Gasteiger partial charge in [-0.25, -0.2) is 9.67 Å². The van der Waals surface area contributed by atoms with Crippen molar-refractivity contribution in [3.05, 3.63) is 46.4 Å². The molecule has 3 aromatic rings. The minimum absolute atomic E-state index is 0.113. The highest BCUT2D eigenvalue weighted by Gasteiger charge is 2.16. The average molecular weight is 371 g/mol. The van der Waals surface area contributed by atoms with Gasteiger partial charge in [-0.2, -0.15) is 5.10 Å². The molecule has 0 saturated heterocycles. The molecule has 0 unspecified atom stereocenters. The van der Waals surface area contributed by atoms with Crippen molar-refractivity contribution in [2.24, 2.45) is 0 Å². The standard InChI is InChI=1S/C18H21N5O2S/c1-11-6-5-7-12(8-11)23-15-13(9-19-23)16(25)21-17(20-15)26-10-14(24)22-18(2,3)4/h5-9H,10H2,1-4H3,(H,22,24)(H,20,21,25). The number of hydrogen-bond donors (Lipinski definition) is 2. The SMILES string of the molecule is Cc1cccc(-n2ncc3c(=O)[nH]c(SCC(=O)NC(C)(C)C)nc32)c1. The van der Waals surface area contributed by atoms with Crippen LogP contribution in [0.25, 0.3) is 16.7 Å². The van der Waals surface area contributed by atoms with Crippen molar-refractivity contribution in [1.29, 1.82) is 0 Å². The number of benzene rings is 1. The van der Waals surface area contributed by atoms with Crippen LogP contribution in [0.5, 0.6) is 0 Å². The number of carbonyl (C=O) groups is 1. The first-order valence-corrected chi connectivity index (χ1v) is 9.20. The summed E-state index contributed by atoms with van der Waals surface area (Å²) in [5.74, 6) is 0.0574. The fraction of sp³-hybridized carbons (Fsp3) is 0.333. The molecule has 26 heavy (non-hydrogen) atoms. The Bertz CT molecular complexity index is 1020. The van der Waals surface area contributed by atoms with Gasteiger partial charge in [0, 0.05) is 5.54 Å². The van der Waals surface area contributed by atoms with Gasteiger partial charge in [0.15, 0.2) is 10.8 Å². The molecule has 0 fully saturated rings. The van der Waals surface area contributed by atoms with Crippen molar-refractivity contribution in [3.8, 4) is 5.69 Å². The number of aromatic amines is 1. The van der Waals surface area contributed by atoms with E-state index in [0.717, 1.165) is 11.3 Å². The number of H-pyrrole nitrogens is 1. The Morgan fingerprint density at radius 3 is 2.81 bits per heavy atom. The van der Waals surface area contributed by atoms with Crippen molar-refractivity contribution in [2.45, 2.75) is 38.4 Å². The monoisotopic (exact) mass is 371 g/mol. The Balaban J connectivity index is 1.90. The molecule has 1 amide bonds. The van der Waals surface area contributed by atoms with Crippen molar-refractivity contribution < 1.29 is 4.79 Å². The molecule has 0 aliphatic heterocycles. The zero-order valence-corrected chi connectivity index (χ0v) is 16.0. The first-order valence-electron chi connectivity index (χ1n) is 8.22. The van der Waals surface area contributed by atoms with Crippen LogP contribution in [-0.2, 0) is 4.79 Å². The van der Waals surface area contributed by atoms with Crippen LogP contribution in [-0.4, -0.2) is 36.9 Å². The zero-order chi connectivity index (χ0) is 18.9. The molecule has 2 N–H and O–H groups in total. The number of aryl methyl sites for hydroxylation is 1. The third-order valence-electron chi connectivity index (χ3n) is 3.52. The molecule has 0 aliphatic carbocycles. The van der Waals surface area contributed by atoms with Crippen molar-refractivity contribution in [1.82, 2.24) is 25.1 Å². The van der Waals surface area contributed by atoms with Crippen LogP contribution in [0.2, 0.25) is 0 Å². The van der Waals surface area contributed by atoms with E-state index in [4.69, 9.17) is 0 Å². The molecule has 0 bridgehead atoms. The lowest BCUT2D eigenvalue weighted by Crippen LogP contribution is -2.41. The van der Waals surface area contributed by atoms with Gasteiger partial charge in [0.2, 0.25) is 5.91 Å². The largest absolute Gasteiger partial charge is 0.351 e. The minimum atomic E-state index is -0.299. The number of carbonyl (C=O) groups excluding carboxylic acids is 1. The van der Waals surface area contributed by atoms with E-state index in [2.05, 4.69) is 20.4 Å². The zero-order valence-electron chi connectivity index (χ0n) is 15.2. The Kier molecular flexibility index (Phi) is 4.86. The van der Waals surface area contributed by atoms with Gasteiger partial charge < -0.3 is 10.3 Å². The number of nitrogens with one attached hydrogen (secondary N) is 2. The van der Waals surface area contributed by atoms with E-state index in [9.17, 15) is 9.59 Å². The molecule has 2 heterocycles. The van der Waals surface area contributed by atoms with Gasteiger partial charge in [0.1, 0.15) is 5.39 Å². The second kappa shape index (κ2) is 6.95. The molecule has 8 heteroatoms. The highest BCUT2D eigenvalue weighted by Crippen LogP contribution is 2.18. The van der Waals surface area contributed by atoms with E-state index in [1.165, 1.54) is 18.0 Å². The summed E-state index contributed by atoms with van der Waals surface area (Å²) in [6.07, 6.45) is 1.50. The number of thioether (sulfide) groups is 1. The summed E-state index contributed by atoms with van der Waals surface area (Å²) >= 11 is 1.19. The fourth-order valence-electron chi connectivity index (χ4n) is 2.50. The van der Waals surface area contributed by atoms with Crippen LogP contribution in [0, 0.1) is 6.92 Å². The summed E-state index contributed by atoms with van der Waals surface area (Å²) in [7, 11) is 0. The van der Waals surface area contributed by atoms with Gasteiger partial charge in [-0.1, -0.05) is 23.9 Å². The smallest absolute Gasteiger partial charge is 0.262 e. The van der Waals surface area contributed by atoms with Crippen LogP contribution in [0.15, 0.2) is 40.4 Å². The fourth-order valence-corrected chi connectivity index (χ4v) is 3.16. The maximum absolute atomic E-state index is 12.3. The van der Waals surface area contributed by atoms with Crippen LogP contribution in [0.3, 0.4) is 0 Å².